The van der Waals surface area contributed by atoms with Gasteiger partial charge in [0, 0.05) is 23.8 Å². The number of nitrogens with zero attached hydrogens (tertiary/aromatic N) is 1. The minimum absolute atomic E-state index is 0.169. The van der Waals surface area contributed by atoms with Crippen molar-refractivity contribution >= 4 is 39.6 Å². The van der Waals surface area contributed by atoms with Gasteiger partial charge in [-0.1, -0.05) is 12.1 Å². The summed E-state index contributed by atoms with van der Waals surface area (Å²) in [6, 6.07) is 6.99. The van der Waals surface area contributed by atoms with Gasteiger partial charge in [0.05, 0.1) is 19.3 Å². The van der Waals surface area contributed by atoms with Crippen molar-refractivity contribution < 1.29 is 19.1 Å². The minimum Gasteiger partial charge on any atom is -0.479 e. The molecule has 0 heterocycles. The van der Waals surface area contributed by atoms with E-state index in [1.165, 1.54) is 7.11 Å². The predicted octanol–water partition coefficient (Wildman–Crippen LogP) is 4.25. The molecule has 0 N–H and O–H groups in total. The molecule has 0 aromatic heterocycles. The molecule has 0 aliphatic rings. The van der Waals surface area contributed by atoms with Crippen molar-refractivity contribution in [1.82, 2.24) is 4.90 Å². The Morgan fingerprint density at radius 3 is 2.25 bits per heavy atom. The number of methoxy groups -OCH3 is 1. The van der Waals surface area contributed by atoms with Crippen LogP contribution in [0.25, 0.3) is 0 Å². The van der Waals surface area contributed by atoms with E-state index >= 15 is 0 Å². The first-order valence-corrected chi connectivity index (χ1v) is 8.75. The second-order valence-corrected chi connectivity index (χ2v) is 7.55. The third-order valence-corrected chi connectivity index (χ3v) is 4.23. The fourth-order valence-corrected chi connectivity index (χ4v) is 3.00. The van der Waals surface area contributed by atoms with Gasteiger partial charge >= 0.3 is 5.97 Å². The van der Waals surface area contributed by atoms with E-state index in [4.69, 9.17) is 17.0 Å². The fraction of sp³-hybridized carbons (Fsp3) is 0.471. The Morgan fingerprint density at radius 1 is 1.21 bits per heavy atom. The highest BCUT2D eigenvalue weighted by Gasteiger charge is 2.28. The maximum absolute atomic E-state index is 12.5. The summed E-state index contributed by atoms with van der Waals surface area (Å²) >= 11 is 5.95. The van der Waals surface area contributed by atoms with E-state index in [0.29, 0.717) is 18.7 Å². The van der Waals surface area contributed by atoms with Crippen LogP contribution in [0.2, 0.25) is 0 Å². The van der Waals surface area contributed by atoms with E-state index < -0.39 is 0 Å². The Bertz CT molecular complexity index is 594. The monoisotopic (exact) mass is 369 g/mol. The molecule has 0 aliphatic heterocycles. The number of carbonyl (C=O) groups is 2. The molecule has 0 saturated heterocycles. The average molecular weight is 370 g/mol. The Labute approximate surface area is 152 Å². The number of ether oxygens (including phenoxy) is 2. The lowest BCUT2D eigenvalue weighted by Crippen LogP contribution is -2.43. The molecule has 24 heavy (non-hydrogen) atoms. The molecule has 132 valence electrons. The van der Waals surface area contributed by atoms with Crippen molar-refractivity contribution in [2.24, 2.45) is 0 Å². The quantitative estimate of drug-likeness (QED) is 0.584. The zero-order chi connectivity index (χ0) is 18.3. The van der Waals surface area contributed by atoms with Crippen LogP contribution in [0.1, 0.15) is 43.6 Å². The van der Waals surface area contributed by atoms with Crippen LogP contribution >= 0.6 is 24.0 Å². The Kier molecular flexibility index (Phi) is 7.69. The van der Waals surface area contributed by atoms with Crippen molar-refractivity contribution in [3.8, 4) is 0 Å². The Morgan fingerprint density at radius 2 is 1.79 bits per heavy atom. The van der Waals surface area contributed by atoms with Crippen LogP contribution in [0.3, 0.4) is 0 Å². The van der Waals surface area contributed by atoms with Gasteiger partial charge in [0.1, 0.15) is 0 Å². The zero-order valence-electron chi connectivity index (χ0n) is 14.6. The van der Waals surface area contributed by atoms with Crippen LogP contribution in [-0.4, -0.2) is 39.7 Å². The van der Waals surface area contributed by atoms with Crippen LogP contribution < -0.4 is 0 Å². The van der Waals surface area contributed by atoms with E-state index in [0.717, 1.165) is 17.3 Å². The average Bonchev–Trinajstić information content (AvgIpc) is 2.51. The molecule has 0 unspecified atom stereocenters. The number of thioether (sulfide) groups is 1. The first kappa shape index (κ1) is 20.4. The molecule has 0 saturated carbocycles. The minimum atomic E-state index is -0.386. The molecule has 0 aliphatic carbocycles. The molecular weight excluding hydrogens is 346 g/mol. The maximum atomic E-state index is 12.5. The van der Waals surface area contributed by atoms with Crippen molar-refractivity contribution in [3.05, 3.63) is 35.4 Å². The Hall–Kier alpha value is -1.60. The van der Waals surface area contributed by atoms with Gasteiger partial charge in [-0.05, 0) is 57.6 Å². The zero-order valence-corrected chi connectivity index (χ0v) is 16.3. The highest BCUT2D eigenvalue weighted by molar-refractivity contribution is 8.32. The lowest BCUT2D eigenvalue weighted by atomic mass is 10.0. The van der Waals surface area contributed by atoms with E-state index in [2.05, 4.69) is 4.74 Å². The van der Waals surface area contributed by atoms with Crippen LogP contribution in [0.5, 0.6) is 0 Å². The smallest absolute Gasteiger partial charge is 0.337 e. The molecule has 0 bridgehead atoms. The van der Waals surface area contributed by atoms with Crippen molar-refractivity contribution in [1.29, 1.82) is 0 Å². The van der Waals surface area contributed by atoms with Crippen molar-refractivity contribution in [2.75, 3.05) is 13.7 Å². The van der Waals surface area contributed by atoms with Crippen LogP contribution in [-0.2, 0) is 16.0 Å². The van der Waals surface area contributed by atoms with Gasteiger partial charge < -0.3 is 14.4 Å². The number of carbonyl (C=O) groups excluding carboxylic acids is 2. The van der Waals surface area contributed by atoms with Gasteiger partial charge in [0.25, 0.3) is 5.24 Å². The molecule has 1 aromatic rings. The molecule has 5 nitrogen and oxygen atoms in total. The standard InChI is InChI=1S/C17H23NO4S2/c1-6-22-16(23)24-15(20)18(17(2,3)4)11-12-7-9-13(10-8-12)14(19)21-5/h7-10H,6,11H2,1-5H3. The van der Waals surface area contributed by atoms with E-state index in [9.17, 15) is 9.59 Å². The number of esters is 1. The summed E-state index contributed by atoms with van der Waals surface area (Å²) in [5.41, 5.74) is 1.00. The predicted molar refractivity (Wildman–Crippen MR) is 100 cm³/mol. The molecule has 0 fully saturated rings. The third kappa shape index (κ3) is 6.13. The number of hydrogen-bond acceptors (Lipinski definition) is 6. The van der Waals surface area contributed by atoms with E-state index in [1.807, 2.05) is 39.8 Å². The summed E-state index contributed by atoms with van der Waals surface area (Å²) in [6.07, 6.45) is 0. The van der Waals surface area contributed by atoms with Gasteiger partial charge in [-0.25, -0.2) is 4.79 Å². The second-order valence-electron chi connectivity index (χ2n) is 6.00. The lowest BCUT2D eigenvalue weighted by molar-refractivity contribution is 0.0600. The van der Waals surface area contributed by atoms with E-state index in [1.54, 1.807) is 17.0 Å². The van der Waals surface area contributed by atoms with Crippen LogP contribution in [0, 0.1) is 0 Å². The SMILES string of the molecule is CCOC(=S)SC(=O)N(Cc1ccc(C(=O)OC)cc1)C(C)(C)C. The van der Waals surface area contributed by atoms with Gasteiger partial charge in [0.15, 0.2) is 0 Å². The highest BCUT2D eigenvalue weighted by Crippen LogP contribution is 2.24. The number of rotatable bonds is 4. The molecule has 1 amide bonds. The molecule has 0 atom stereocenters. The van der Waals surface area contributed by atoms with Crippen LogP contribution in [0.15, 0.2) is 24.3 Å². The van der Waals surface area contributed by atoms with Crippen molar-refractivity contribution in [2.45, 2.75) is 39.8 Å². The number of hydrogen-bond donors (Lipinski definition) is 0. The topological polar surface area (TPSA) is 55.8 Å². The first-order chi connectivity index (χ1) is 11.2. The number of amides is 1. The third-order valence-electron chi connectivity index (χ3n) is 3.18. The second kappa shape index (κ2) is 9.03. The fourth-order valence-electron chi connectivity index (χ4n) is 1.90. The number of benzene rings is 1. The van der Waals surface area contributed by atoms with Gasteiger partial charge in [-0.3, -0.25) is 4.79 Å². The highest BCUT2D eigenvalue weighted by atomic mass is 32.2. The lowest BCUT2D eigenvalue weighted by Gasteiger charge is -2.35. The maximum Gasteiger partial charge on any atom is 0.337 e. The normalized spacial score (nSPS) is 10.9. The molecule has 1 aromatic carbocycles. The molecular formula is C17H23NO4S2. The summed E-state index contributed by atoms with van der Waals surface area (Å²) < 4.78 is 10.1. The van der Waals surface area contributed by atoms with E-state index in [-0.39, 0.29) is 21.1 Å². The molecule has 1 rings (SSSR count). The van der Waals surface area contributed by atoms with Gasteiger partial charge in [-0.15, -0.1) is 0 Å². The molecule has 0 radical (unpaired) electrons. The molecule has 0 spiro atoms. The summed E-state index contributed by atoms with van der Waals surface area (Å²) in [5, 5.41) is -0.169. The summed E-state index contributed by atoms with van der Waals surface area (Å²) in [7, 11) is 1.34. The first-order valence-electron chi connectivity index (χ1n) is 7.52. The summed E-state index contributed by atoms with van der Waals surface area (Å²) in [5.74, 6) is -0.386. The molecule has 7 heteroatoms. The summed E-state index contributed by atoms with van der Waals surface area (Å²) in [4.78, 5) is 25.7. The Balaban J connectivity index is 2.89. The van der Waals surface area contributed by atoms with Gasteiger partial charge in [-0.2, -0.15) is 0 Å². The van der Waals surface area contributed by atoms with Gasteiger partial charge in [0.2, 0.25) is 4.38 Å². The van der Waals surface area contributed by atoms with Crippen molar-refractivity contribution in [3.63, 3.8) is 0 Å². The largest absolute Gasteiger partial charge is 0.479 e. The summed E-state index contributed by atoms with van der Waals surface area (Å²) in [6.45, 7) is 8.53. The van der Waals surface area contributed by atoms with Crippen LogP contribution in [0.4, 0.5) is 4.79 Å². The number of thiocarbonyl (C=S) groups is 1.